The van der Waals surface area contributed by atoms with E-state index in [1.807, 2.05) is 104 Å². The Morgan fingerprint density at radius 2 is 0.812 bits per heavy atom. The largest absolute Gasteiger partial charge is 0.497 e. The molecule has 0 amide bonds. The number of hydrogen-bond acceptors (Lipinski definition) is 54. The van der Waals surface area contributed by atoms with Crippen molar-refractivity contribution in [1.82, 2.24) is 54.4 Å². The van der Waals surface area contributed by atoms with E-state index < -0.39 is 143 Å². The second-order valence-electron chi connectivity index (χ2n) is 33.4. The molecule has 794 valence electrons. The van der Waals surface area contributed by atoms with Gasteiger partial charge in [-0.3, -0.25) is 38.6 Å². The number of aromatic nitrogens is 11. The predicted molar refractivity (Wildman–Crippen MR) is 535 cm³/mol. The summed E-state index contributed by atoms with van der Waals surface area (Å²) in [6.07, 6.45) is -14.9. The third-order valence-electron chi connectivity index (χ3n) is 23.9. The van der Waals surface area contributed by atoms with Gasteiger partial charge in [-0.25, -0.2) is 9.18 Å². The fourth-order valence-electron chi connectivity index (χ4n) is 16.5. The van der Waals surface area contributed by atoms with Crippen molar-refractivity contribution in [1.29, 1.82) is 0 Å². The van der Waals surface area contributed by atoms with Gasteiger partial charge in [0.05, 0.1) is 80.1 Å². The number of methoxy groups -OCH3 is 2. The predicted octanol–water partition coefficient (Wildman–Crippen LogP) is 2.37. The van der Waals surface area contributed by atoms with E-state index in [1.54, 1.807) is 19.2 Å². The van der Waals surface area contributed by atoms with Crippen LogP contribution in [0.5, 0.6) is 35.1 Å². The van der Waals surface area contributed by atoms with Crippen LogP contribution in [0, 0.1) is 17.7 Å². The molecule has 149 heavy (non-hydrogen) atoms. The smallest absolute Gasteiger partial charge is 0.343 e. The number of aliphatic hydroxyl groups excluding tert-OH is 12. The molecule has 15 heterocycles. The van der Waals surface area contributed by atoms with Crippen molar-refractivity contribution in [2.75, 3.05) is 115 Å². The van der Waals surface area contributed by atoms with E-state index in [1.165, 1.54) is 78.7 Å². The number of thioether (sulfide) groups is 4. The van der Waals surface area contributed by atoms with Gasteiger partial charge in [0.2, 0.25) is 59.1 Å². The molecule has 19 rings (SSSR count). The highest BCUT2D eigenvalue weighted by atomic mass is 32.2. The first-order chi connectivity index (χ1) is 71.7. The van der Waals surface area contributed by atoms with E-state index in [0.717, 1.165) is 51.1 Å². The molecule has 9 aliphatic rings. The van der Waals surface area contributed by atoms with Crippen LogP contribution < -0.4 is 81.6 Å². The van der Waals surface area contributed by atoms with Gasteiger partial charge in [-0.15, -0.1) is 0 Å². The molecule has 4 aromatic carbocycles. The number of nitrogens with zero attached hydrogens (tertiary/aromatic N) is 15. The van der Waals surface area contributed by atoms with Crippen molar-refractivity contribution in [3.8, 4) is 35.1 Å². The molecule has 10 aromatic rings. The van der Waals surface area contributed by atoms with Crippen molar-refractivity contribution in [3.63, 3.8) is 0 Å². The van der Waals surface area contributed by atoms with E-state index in [2.05, 4.69) is 80.9 Å². The summed E-state index contributed by atoms with van der Waals surface area (Å²) in [7, 11) is 2.82. The number of fused-ring (bicyclic) bond motifs is 5. The summed E-state index contributed by atoms with van der Waals surface area (Å²) in [4.78, 5) is 95.3. The third kappa shape index (κ3) is 24.6. The van der Waals surface area contributed by atoms with Crippen LogP contribution in [-0.2, 0) is 72.1 Å². The van der Waals surface area contributed by atoms with Crippen molar-refractivity contribution in [2.45, 2.75) is 163 Å². The van der Waals surface area contributed by atoms with Crippen LogP contribution in [0.3, 0.4) is 0 Å². The van der Waals surface area contributed by atoms with Gasteiger partial charge >= 0.3 is 10.8 Å². The Labute approximate surface area is 867 Å². The van der Waals surface area contributed by atoms with Gasteiger partial charge in [0.25, 0.3) is 12.9 Å². The molecule has 0 radical (unpaired) electrons. The summed E-state index contributed by atoms with van der Waals surface area (Å²) in [6, 6.07) is 32.6. The molecule has 0 bridgehead atoms. The topological polar surface area (TPSA) is 717 Å². The zero-order valence-corrected chi connectivity index (χ0v) is 83.4. The number of halogens is 1. The number of hydrogen-bond donors (Lipinski definition) is 17. The lowest BCUT2D eigenvalue weighted by Gasteiger charge is -2.27. The van der Waals surface area contributed by atoms with Gasteiger partial charge in [-0.1, -0.05) is 183 Å². The first kappa shape index (κ1) is 110. The monoisotopic (exact) mass is 2160 g/mol. The molecule has 0 saturated carbocycles. The fourth-order valence-corrected chi connectivity index (χ4v) is 21.2. The van der Waals surface area contributed by atoms with Gasteiger partial charge in [-0.05, 0) is 52.6 Å². The molecular weight excluding hydrogens is 2060 g/mol. The van der Waals surface area contributed by atoms with Crippen LogP contribution in [0.1, 0.15) is 41.8 Å². The maximum absolute atomic E-state index is 13.1. The molecule has 5 saturated heterocycles. The Kier molecular flexibility index (Phi) is 36.5. The summed E-state index contributed by atoms with van der Waals surface area (Å²) in [5, 5.41) is 121. The Morgan fingerprint density at radius 1 is 0.450 bits per heavy atom. The Morgan fingerprint density at radius 3 is 1.19 bits per heavy atom. The van der Waals surface area contributed by atoms with E-state index in [9.17, 15) is 84.8 Å². The minimum atomic E-state index is -1.31. The lowest BCUT2D eigenvalue weighted by Crippen LogP contribution is -2.42. The standard InChI is InChI=1S/C24H26N4O7S.C19H22N4O6S.C18H19FN4O5S.C18H20N4O5S.C14H18N4O7S/c1-15-17(12-33-14-30)18(9-11-32-13-29)35-22(15)28-20-19(36-24(28)31)21(27-23(25)26-20)34-10-5-8-16-6-3-2-4-7-16;1-9-23(18-14(26)13(25)12(7-24)29-18)16-15(30-9)17(22-19(20)21-16)28-8-10-3-5-11(27-2)6-4-10;1-8-23(17-13(26)12(25)11(6-24)28-17)15-14(29-8)16(22-18(20)21-15)27-7-9-2-4-10(19)5-3-9;1-9-22(17-13(25)12(24)11(7-23)27-17)15-14(28-9)16(21-18(19)20-15)26-8-10-5-3-2-4-6-10;1-5-18(13-9(22)8(21)6(3-19)25-13)11-10(26-5)12(17-14(15)16-11)24-4-7(20)23-2/h2-8,13-15,17-18,22H,9-12H2,1H3,(H2,25,26,27);3-6,12-14,18,24-26H,1,7-8H2,2H3,(H2,20,21,22);2-5,11-13,17,24-26H,1,6-7H2,(H2,20,21,22);2-6,11-13,17,23-25H,1,7-8H2,(H2,19,20,21);6,8-9,13,19,21-22H,1,3-4H2,2H3,(H2,15,16,17)/b8-5+;;;;/t15-,17+,18-,22-;12-,13-,14-,18-;2*11-,12-,13-,17-;6-,8-,9-,13-/m11111/s1. The summed E-state index contributed by atoms with van der Waals surface area (Å²) in [5.41, 5.74) is 33.2. The number of thiazole rings is 1. The number of anilines is 9. The normalized spacial score (nSPS) is 25.2. The van der Waals surface area contributed by atoms with Crippen LogP contribution in [0.15, 0.2) is 186 Å². The van der Waals surface area contributed by atoms with Crippen molar-refractivity contribution >= 4 is 147 Å². The van der Waals surface area contributed by atoms with Crippen molar-refractivity contribution < 1.29 is 146 Å². The molecule has 56 heteroatoms. The van der Waals surface area contributed by atoms with Crippen LogP contribution in [-0.4, -0.2) is 306 Å². The number of benzene rings is 4. The summed E-state index contributed by atoms with van der Waals surface area (Å²) in [5.74, 6) is 1.42. The highest BCUT2D eigenvalue weighted by Crippen LogP contribution is 2.56. The maximum Gasteiger partial charge on any atom is 0.343 e. The molecule has 9 aliphatic heterocycles. The van der Waals surface area contributed by atoms with E-state index in [0.29, 0.717) is 99.4 Å². The molecule has 0 spiro atoms. The number of ether oxygens (including phenoxy) is 14. The van der Waals surface area contributed by atoms with E-state index in [-0.39, 0.29) is 121 Å². The minimum Gasteiger partial charge on any atom is -0.497 e. The average molecular weight is 2160 g/mol. The summed E-state index contributed by atoms with van der Waals surface area (Å²) >= 11 is 5.78. The highest BCUT2D eigenvalue weighted by Gasteiger charge is 2.55. The number of carbonyl (C=O) groups is 3. The van der Waals surface area contributed by atoms with Crippen molar-refractivity contribution in [3.05, 3.63) is 199 Å². The van der Waals surface area contributed by atoms with E-state index >= 15 is 0 Å². The first-order valence-electron chi connectivity index (χ1n) is 45.3. The molecule has 5 fully saturated rings. The SMILES string of the molecule is C=C1Sc2c(OCC(=O)OC)nc(N)nc2N1[C@@H]1O[C@H](CO)[C@@H](O)[C@H]1O.C=C1Sc2c(OCc3ccc(F)cc3)nc(N)nc2N1[C@@H]1O[C@H](CO)[C@@H](O)[C@H]1O.C=C1Sc2c(OCc3ccc(OC)cc3)nc(N)nc2N1[C@@H]1O[C@H](CO)[C@@H](O)[C@H]1O.C=C1Sc2c(OCc3ccccc3)nc(N)nc2N1[C@@H]1O[C@H](CO)[C@@H](O)[C@H]1O.C[C@@H]1[C@H](COC=O)[C@@H](CCOC=O)O[C@H]1n1c(=O)sc2c(OC/C=C/c3ccccc3)nc(N)nc21. The quantitative estimate of drug-likeness (QED) is 0.0121. The minimum absolute atomic E-state index is 0.00569. The third-order valence-corrected chi connectivity index (χ3v) is 28.8. The van der Waals surface area contributed by atoms with Crippen LogP contribution >= 0.6 is 58.4 Å². The van der Waals surface area contributed by atoms with Gasteiger partial charge in [-0.2, -0.15) is 49.8 Å². The van der Waals surface area contributed by atoms with Crippen molar-refractivity contribution in [2.24, 2.45) is 11.8 Å². The Bertz CT molecular complexity index is 6540. The number of rotatable bonds is 33. The summed E-state index contributed by atoms with van der Waals surface area (Å²) in [6.45, 7) is 17.4. The number of aliphatic hydroxyl groups is 12. The molecule has 0 aliphatic carbocycles. The van der Waals surface area contributed by atoms with Gasteiger partial charge in [0, 0.05) is 18.3 Å². The van der Waals surface area contributed by atoms with Gasteiger partial charge in [0.1, 0.15) is 142 Å². The summed E-state index contributed by atoms with van der Waals surface area (Å²) < 4.78 is 91.7. The van der Waals surface area contributed by atoms with Crippen LogP contribution in [0.4, 0.5) is 57.4 Å². The van der Waals surface area contributed by atoms with Gasteiger partial charge < -0.3 is 156 Å². The van der Waals surface area contributed by atoms with Gasteiger partial charge in [0.15, 0.2) is 60.4 Å². The molecule has 6 aromatic heterocycles. The highest BCUT2D eigenvalue weighted by molar-refractivity contribution is 8.04. The average Bonchev–Trinajstić information content (AvgIpc) is 1.62. The first-order valence-corrected chi connectivity index (χ1v) is 49.4. The second-order valence-corrected chi connectivity index (χ2v) is 38.7. The van der Waals surface area contributed by atoms with Crippen LogP contribution in [0.2, 0.25) is 0 Å². The number of nitrogens with two attached hydrogens (primary N) is 5. The zero-order chi connectivity index (χ0) is 106. The molecule has 20 atom stereocenters. The number of nitrogen functional groups attached to an aromatic ring is 5. The lowest BCUT2D eigenvalue weighted by atomic mass is 9.90. The number of carbonyl (C=O) groups excluding carboxylic acids is 3. The number of esters is 1. The van der Waals surface area contributed by atoms with Crippen LogP contribution in [0.25, 0.3) is 16.4 Å². The van der Waals surface area contributed by atoms with E-state index in [4.69, 9.17) is 90.2 Å². The molecule has 0 unspecified atom stereocenters. The second kappa shape index (κ2) is 49.5. The lowest BCUT2D eigenvalue weighted by molar-refractivity contribution is -0.143. The molecule has 50 nitrogen and oxygen atoms in total. The Balaban J connectivity index is 0.000000140. The molecule has 22 N–H and O–H groups in total. The Hall–Kier alpha value is -13.3. The zero-order valence-electron chi connectivity index (χ0n) is 79.3. The maximum atomic E-state index is 13.1. The fraction of sp³-hybridized carbons (Fsp3) is 0.376. The molecular formula is C93H105FN20O30S5.